The minimum atomic E-state index is -0.571. The molecule has 0 unspecified atom stereocenters. The van der Waals surface area contributed by atoms with Crippen molar-refractivity contribution in [2.45, 2.75) is 13.8 Å². The number of halogens is 1. The summed E-state index contributed by atoms with van der Waals surface area (Å²) in [5, 5.41) is 21.2. The summed E-state index contributed by atoms with van der Waals surface area (Å²) in [6, 6.07) is 13.9. The van der Waals surface area contributed by atoms with Gasteiger partial charge in [0.05, 0.1) is 34.2 Å². The average molecular weight is 400 g/mol. The number of rotatable bonds is 6. The van der Waals surface area contributed by atoms with Crippen LogP contribution in [0.2, 0.25) is 5.02 Å². The fourth-order valence-electron chi connectivity index (χ4n) is 2.77. The van der Waals surface area contributed by atoms with E-state index in [1.165, 1.54) is 12.1 Å². The first-order chi connectivity index (χ1) is 13.4. The number of hydrogen-bond donors (Lipinski definition) is 2. The highest BCUT2D eigenvalue weighted by Crippen LogP contribution is 2.27. The van der Waals surface area contributed by atoms with Crippen LogP contribution >= 0.6 is 11.6 Å². The number of carbonyl (C=O) groups excluding carboxylic acids is 1. The quantitative estimate of drug-likeness (QED) is 0.480. The second-order valence-electron chi connectivity index (χ2n) is 6.12. The number of nitrogens with zero attached hydrogens (tertiary/aromatic N) is 3. The number of nitro benzene ring substituents is 1. The first-order valence-corrected chi connectivity index (χ1v) is 8.84. The van der Waals surface area contributed by atoms with Gasteiger partial charge in [0.1, 0.15) is 5.02 Å². The Hall–Kier alpha value is -3.39. The second-order valence-corrected chi connectivity index (χ2v) is 6.53. The van der Waals surface area contributed by atoms with Crippen molar-refractivity contribution in [3.63, 3.8) is 0 Å². The Kier molecular flexibility index (Phi) is 5.60. The van der Waals surface area contributed by atoms with Crippen molar-refractivity contribution >= 4 is 34.6 Å². The van der Waals surface area contributed by atoms with Crippen molar-refractivity contribution in [1.82, 2.24) is 9.78 Å². The van der Waals surface area contributed by atoms with Crippen molar-refractivity contribution < 1.29 is 9.72 Å². The smallest absolute Gasteiger partial charge is 0.289 e. The van der Waals surface area contributed by atoms with Crippen LogP contribution in [0, 0.1) is 24.0 Å². The Morgan fingerprint density at radius 2 is 1.93 bits per heavy atom. The average Bonchev–Trinajstić information content (AvgIpc) is 2.96. The molecule has 0 bridgehead atoms. The van der Waals surface area contributed by atoms with Gasteiger partial charge in [-0.05, 0) is 38.1 Å². The predicted molar refractivity (Wildman–Crippen MR) is 108 cm³/mol. The summed E-state index contributed by atoms with van der Waals surface area (Å²) in [4.78, 5) is 22.7. The molecule has 0 fully saturated rings. The Morgan fingerprint density at radius 3 is 2.61 bits per heavy atom. The fourth-order valence-corrected chi connectivity index (χ4v) is 2.96. The van der Waals surface area contributed by atoms with E-state index in [1.54, 1.807) is 10.7 Å². The van der Waals surface area contributed by atoms with E-state index in [0.717, 1.165) is 11.4 Å². The summed E-state index contributed by atoms with van der Waals surface area (Å²) in [5.41, 5.74) is 3.24. The first-order valence-electron chi connectivity index (χ1n) is 8.46. The minimum absolute atomic E-state index is 0.0413. The number of carbonyl (C=O) groups is 1. The van der Waals surface area contributed by atoms with Gasteiger partial charge in [0.15, 0.2) is 0 Å². The van der Waals surface area contributed by atoms with Gasteiger partial charge >= 0.3 is 0 Å². The van der Waals surface area contributed by atoms with Gasteiger partial charge in [-0.1, -0.05) is 29.8 Å². The number of anilines is 2. The van der Waals surface area contributed by atoms with Gasteiger partial charge in [0.2, 0.25) is 5.91 Å². The van der Waals surface area contributed by atoms with Crippen LogP contribution in [-0.4, -0.2) is 27.2 Å². The molecule has 0 atom stereocenters. The van der Waals surface area contributed by atoms with Gasteiger partial charge in [-0.15, -0.1) is 0 Å². The summed E-state index contributed by atoms with van der Waals surface area (Å²) in [7, 11) is 0. The molecule has 9 heteroatoms. The number of nitro groups is 1. The van der Waals surface area contributed by atoms with Crippen LogP contribution in [0.15, 0.2) is 48.5 Å². The molecule has 3 rings (SSSR count). The monoisotopic (exact) mass is 399 g/mol. The molecule has 8 nitrogen and oxygen atoms in total. The fraction of sp³-hybridized carbons (Fsp3) is 0.158. The minimum Gasteiger partial charge on any atom is -0.376 e. The molecule has 144 valence electrons. The lowest BCUT2D eigenvalue weighted by molar-refractivity contribution is -0.384. The van der Waals surface area contributed by atoms with E-state index < -0.39 is 4.92 Å². The number of hydrogen-bond acceptors (Lipinski definition) is 5. The third-order valence-electron chi connectivity index (χ3n) is 4.15. The van der Waals surface area contributed by atoms with Gasteiger partial charge in [0, 0.05) is 11.8 Å². The van der Waals surface area contributed by atoms with Gasteiger partial charge in [-0.25, -0.2) is 4.68 Å². The number of amides is 1. The number of benzene rings is 2. The van der Waals surface area contributed by atoms with Crippen LogP contribution in [0.25, 0.3) is 5.69 Å². The standard InChI is InChI=1S/C19H18ClN5O3/c1-12-19(13(2)24(23-12)15-6-4-3-5-7-15)22-18(26)11-21-14-8-9-16(20)17(10-14)25(27)28/h3-10,21H,11H2,1-2H3,(H,22,26). The first kappa shape index (κ1) is 19.4. The van der Waals surface area contributed by atoms with Gasteiger partial charge in [-0.3, -0.25) is 14.9 Å². The third-order valence-corrected chi connectivity index (χ3v) is 4.47. The van der Waals surface area contributed by atoms with Crippen molar-refractivity contribution in [2.24, 2.45) is 0 Å². The van der Waals surface area contributed by atoms with Gasteiger partial charge in [0.25, 0.3) is 5.69 Å². The van der Waals surface area contributed by atoms with Crippen LogP contribution in [0.3, 0.4) is 0 Å². The zero-order valence-corrected chi connectivity index (χ0v) is 16.0. The topological polar surface area (TPSA) is 102 Å². The largest absolute Gasteiger partial charge is 0.376 e. The lowest BCUT2D eigenvalue weighted by atomic mass is 10.2. The van der Waals surface area contributed by atoms with E-state index in [1.807, 2.05) is 44.2 Å². The van der Waals surface area contributed by atoms with E-state index in [0.29, 0.717) is 17.1 Å². The normalized spacial score (nSPS) is 10.5. The summed E-state index contributed by atoms with van der Waals surface area (Å²) >= 11 is 5.79. The molecule has 1 heterocycles. The molecule has 2 N–H and O–H groups in total. The molecule has 0 radical (unpaired) electrons. The summed E-state index contributed by atoms with van der Waals surface area (Å²) in [6.45, 7) is 3.63. The molecule has 0 saturated carbocycles. The molecule has 0 aliphatic carbocycles. The summed E-state index contributed by atoms with van der Waals surface area (Å²) < 4.78 is 1.76. The molecule has 1 aromatic heterocycles. The van der Waals surface area contributed by atoms with Crippen LogP contribution in [0.1, 0.15) is 11.4 Å². The molecule has 0 spiro atoms. The molecule has 0 saturated heterocycles. The van der Waals surface area contributed by atoms with Crippen LogP contribution in [0.4, 0.5) is 17.1 Å². The summed E-state index contributed by atoms with van der Waals surface area (Å²) in [6.07, 6.45) is 0. The molecule has 0 aliphatic rings. The Bertz CT molecular complexity index is 1030. The predicted octanol–water partition coefficient (Wildman–Crippen LogP) is 4.10. The van der Waals surface area contributed by atoms with Crippen molar-refractivity contribution in [1.29, 1.82) is 0 Å². The van der Waals surface area contributed by atoms with E-state index >= 15 is 0 Å². The van der Waals surface area contributed by atoms with Crippen LogP contribution < -0.4 is 10.6 Å². The number of nitrogens with one attached hydrogen (secondary N) is 2. The second kappa shape index (κ2) is 8.10. The Balaban J connectivity index is 1.70. The van der Waals surface area contributed by atoms with Crippen molar-refractivity contribution in [3.8, 4) is 5.69 Å². The Morgan fingerprint density at radius 1 is 1.21 bits per heavy atom. The molecule has 28 heavy (non-hydrogen) atoms. The summed E-state index contributed by atoms with van der Waals surface area (Å²) in [5.74, 6) is -0.295. The van der Waals surface area contributed by atoms with Gasteiger partial charge in [-0.2, -0.15) is 5.10 Å². The molecule has 0 aliphatic heterocycles. The number of para-hydroxylation sites is 1. The SMILES string of the molecule is Cc1nn(-c2ccccc2)c(C)c1NC(=O)CNc1ccc(Cl)c([N+](=O)[O-])c1. The van der Waals surface area contributed by atoms with E-state index in [2.05, 4.69) is 15.7 Å². The highest BCUT2D eigenvalue weighted by molar-refractivity contribution is 6.32. The molecule has 1 amide bonds. The highest BCUT2D eigenvalue weighted by atomic mass is 35.5. The van der Waals surface area contributed by atoms with E-state index in [4.69, 9.17) is 11.6 Å². The lowest BCUT2D eigenvalue weighted by Crippen LogP contribution is -2.22. The zero-order valence-electron chi connectivity index (χ0n) is 15.3. The van der Waals surface area contributed by atoms with E-state index in [-0.39, 0.29) is 23.2 Å². The molecule has 2 aromatic carbocycles. The van der Waals surface area contributed by atoms with E-state index in [9.17, 15) is 14.9 Å². The van der Waals surface area contributed by atoms with Crippen molar-refractivity contribution in [3.05, 3.63) is 75.1 Å². The number of aryl methyl sites for hydroxylation is 1. The van der Waals surface area contributed by atoms with Gasteiger partial charge < -0.3 is 10.6 Å². The molecular weight excluding hydrogens is 382 g/mol. The third kappa shape index (κ3) is 4.12. The molecule has 3 aromatic rings. The van der Waals surface area contributed by atoms with Crippen molar-refractivity contribution in [2.75, 3.05) is 17.2 Å². The van der Waals surface area contributed by atoms with Crippen LogP contribution in [0.5, 0.6) is 0 Å². The van der Waals surface area contributed by atoms with Crippen LogP contribution in [-0.2, 0) is 4.79 Å². The molecular formula is C19H18ClN5O3. The zero-order chi connectivity index (χ0) is 20.3. The lowest BCUT2D eigenvalue weighted by Gasteiger charge is -2.09. The number of aromatic nitrogens is 2. The maximum Gasteiger partial charge on any atom is 0.289 e. The Labute approximate surface area is 166 Å². The highest BCUT2D eigenvalue weighted by Gasteiger charge is 2.16. The maximum atomic E-state index is 12.4. The maximum absolute atomic E-state index is 12.4.